The molecular formula is C18H24N6OS. The van der Waals surface area contributed by atoms with Crippen molar-refractivity contribution in [2.24, 2.45) is 5.92 Å². The van der Waals surface area contributed by atoms with Gasteiger partial charge in [0.2, 0.25) is 11.1 Å². The van der Waals surface area contributed by atoms with Crippen LogP contribution in [0, 0.1) is 31.1 Å². The zero-order valence-electron chi connectivity index (χ0n) is 15.9. The van der Waals surface area contributed by atoms with Gasteiger partial charge >= 0.3 is 0 Å². The summed E-state index contributed by atoms with van der Waals surface area (Å²) in [6, 6.07) is 8.15. The van der Waals surface area contributed by atoms with Crippen LogP contribution in [-0.2, 0) is 4.79 Å². The lowest BCUT2D eigenvalue weighted by molar-refractivity contribution is -0.121. The molecule has 1 aromatic heterocycles. The van der Waals surface area contributed by atoms with Crippen LogP contribution in [0.5, 0.6) is 0 Å². The molecule has 0 unspecified atom stereocenters. The van der Waals surface area contributed by atoms with Gasteiger partial charge in [0.15, 0.2) is 0 Å². The number of nitriles is 1. The van der Waals surface area contributed by atoms with Crippen LogP contribution in [-0.4, -0.2) is 36.9 Å². The summed E-state index contributed by atoms with van der Waals surface area (Å²) in [7, 11) is 0. The topological polar surface area (TPSA) is 96.5 Å². The first kappa shape index (κ1) is 19.9. The normalized spacial score (nSPS) is 14.5. The number of aromatic nitrogens is 4. The maximum atomic E-state index is 12.5. The summed E-state index contributed by atoms with van der Waals surface area (Å²) < 4.78 is 1.62. The third kappa shape index (κ3) is 4.22. The van der Waals surface area contributed by atoms with Crippen LogP contribution in [0.2, 0.25) is 0 Å². The molecule has 0 saturated carbocycles. The molecule has 0 fully saturated rings. The fraction of sp³-hybridized carbons (Fsp3) is 0.500. The first-order chi connectivity index (χ1) is 12.2. The smallest absolute Gasteiger partial charge is 0.234 e. The van der Waals surface area contributed by atoms with Gasteiger partial charge in [-0.2, -0.15) is 9.94 Å². The number of thioether (sulfide) groups is 1. The van der Waals surface area contributed by atoms with Crippen LogP contribution in [0.1, 0.15) is 38.8 Å². The summed E-state index contributed by atoms with van der Waals surface area (Å²) in [5.74, 6) is -0.225. The molecule has 0 aliphatic carbocycles. The standard InChI is InChI=1S/C18H24N6OS/c1-11(2)18(6,10-19)20-16(25)14(5)26-17-21-22-23-24(17)15-8-7-12(3)13(4)9-15/h7-9,11,14H,1-6H3,(H,20,25)/t14-,18-/m0/s1. The molecule has 1 aromatic carbocycles. The Morgan fingerprint density at radius 3 is 2.58 bits per heavy atom. The van der Waals surface area contributed by atoms with E-state index in [2.05, 4.69) is 26.9 Å². The number of benzene rings is 1. The zero-order chi connectivity index (χ0) is 19.5. The van der Waals surface area contributed by atoms with Gasteiger partial charge in [0.25, 0.3) is 0 Å². The van der Waals surface area contributed by atoms with E-state index >= 15 is 0 Å². The maximum Gasteiger partial charge on any atom is 0.234 e. The highest BCUT2D eigenvalue weighted by atomic mass is 32.2. The van der Waals surface area contributed by atoms with E-state index in [9.17, 15) is 10.1 Å². The van der Waals surface area contributed by atoms with Gasteiger partial charge in [0.1, 0.15) is 5.54 Å². The maximum absolute atomic E-state index is 12.5. The van der Waals surface area contributed by atoms with Crippen LogP contribution in [0.4, 0.5) is 0 Å². The molecule has 0 radical (unpaired) electrons. The van der Waals surface area contributed by atoms with Crippen molar-refractivity contribution in [3.05, 3.63) is 29.3 Å². The highest BCUT2D eigenvalue weighted by Gasteiger charge is 2.32. The third-order valence-electron chi connectivity index (χ3n) is 4.60. The summed E-state index contributed by atoms with van der Waals surface area (Å²) in [4.78, 5) is 12.5. The van der Waals surface area contributed by atoms with Gasteiger partial charge in [-0.25, -0.2) is 0 Å². The molecule has 138 valence electrons. The van der Waals surface area contributed by atoms with Crippen molar-refractivity contribution in [2.75, 3.05) is 0 Å². The molecule has 0 aliphatic heterocycles. The van der Waals surface area contributed by atoms with Gasteiger partial charge in [-0.05, 0) is 67.3 Å². The third-order valence-corrected chi connectivity index (χ3v) is 5.63. The number of hydrogen-bond acceptors (Lipinski definition) is 6. The van der Waals surface area contributed by atoms with Crippen LogP contribution >= 0.6 is 11.8 Å². The van der Waals surface area contributed by atoms with Crippen molar-refractivity contribution in [3.8, 4) is 11.8 Å². The zero-order valence-corrected chi connectivity index (χ0v) is 16.8. The lowest BCUT2D eigenvalue weighted by Gasteiger charge is -2.28. The highest BCUT2D eigenvalue weighted by molar-refractivity contribution is 8.00. The Labute approximate surface area is 158 Å². The van der Waals surface area contributed by atoms with Crippen LogP contribution in [0.15, 0.2) is 23.4 Å². The van der Waals surface area contributed by atoms with E-state index in [-0.39, 0.29) is 11.8 Å². The average Bonchev–Trinajstić information content (AvgIpc) is 3.05. The number of nitrogens with one attached hydrogen (secondary N) is 1. The van der Waals surface area contributed by atoms with Gasteiger partial charge in [0.05, 0.1) is 17.0 Å². The summed E-state index contributed by atoms with van der Waals surface area (Å²) in [6.07, 6.45) is 0. The summed E-state index contributed by atoms with van der Waals surface area (Å²) in [6.45, 7) is 11.4. The largest absolute Gasteiger partial charge is 0.337 e. The minimum Gasteiger partial charge on any atom is -0.337 e. The highest BCUT2D eigenvalue weighted by Crippen LogP contribution is 2.25. The lowest BCUT2D eigenvalue weighted by Crippen LogP contribution is -2.51. The predicted octanol–water partition coefficient (Wildman–Crippen LogP) is 2.81. The van der Waals surface area contributed by atoms with Gasteiger partial charge in [-0.15, -0.1) is 5.10 Å². The Morgan fingerprint density at radius 2 is 2.00 bits per heavy atom. The molecule has 0 saturated heterocycles. The first-order valence-corrected chi connectivity index (χ1v) is 9.32. The van der Waals surface area contributed by atoms with Gasteiger partial charge in [0, 0.05) is 0 Å². The Bertz CT molecular complexity index is 840. The number of nitrogens with zero attached hydrogens (tertiary/aromatic N) is 5. The minimum absolute atomic E-state index is 0.00509. The van der Waals surface area contributed by atoms with Gasteiger partial charge < -0.3 is 5.32 Å². The van der Waals surface area contributed by atoms with E-state index in [1.807, 2.05) is 45.9 Å². The molecule has 0 aliphatic rings. The van der Waals surface area contributed by atoms with Crippen molar-refractivity contribution >= 4 is 17.7 Å². The number of hydrogen-bond donors (Lipinski definition) is 1. The monoisotopic (exact) mass is 372 g/mol. The van der Waals surface area contributed by atoms with Gasteiger partial charge in [-0.3, -0.25) is 4.79 Å². The predicted molar refractivity (Wildman–Crippen MR) is 101 cm³/mol. The second-order valence-electron chi connectivity index (χ2n) is 6.86. The molecule has 2 rings (SSSR count). The molecule has 2 aromatic rings. The molecule has 1 N–H and O–H groups in total. The van der Waals surface area contributed by atoms with Crippen molar-refractivity contribution < 1.29 is 4.79 Å². The SMILES string of the molecule is Cc1ccc(-n2nnnc2S[C@@H](C)C(=O)N[C@@](C)(C#N)C(C)C)cc1C. The molecule has 0 bridgehead atoms. The number of aryl methyl sites for hydroxylation is 2. The second-order valence-corrected chi connectivity index (χ2v) is 8.17. The van der Waals surface area contributed by atoms with Crippen LogP contribution in [0.25, 0.3) is 5.69 Å². The van der Waals surface area contributed by atoms with E-state index < -0.39 is 10.8 Å². The molecule has 7 nitrogen and oxygen atoms in total. The Kier molecular flexibility index (Phi) is 6.03. The van der Waals surface area contributed by atoms with E-state index in [1.165, 1.54) is 17.3 Å². The number of carbonyl (C=O) groups excluding carboxylic acids is 1. The molecule has 0 spiro atoms. The van der Waals surface area contributed by atoms with E-state index in [1.54, 1.807) is 18.5 Å². The molecule has 1 heterocycles. The number of tetrazole rings is 1. The molecule has 1 amide bonds. The number of amides is 1. The van der Waals surface area contributed by atoms with Crippen molar-refractivity contribution in [2.45, 2.75) is 57.5 Å². The van der Waals surface area contributed by atoms with Crippen molar-refractivity contribution in [1.29, 1.82) is 5.26 Å². The summed E-state index contributed by atoms with van der Waals surface area (Å²) in [5.41, 5.74) is 2.26. The summed E-state index contributed by atoms with van der Waals surface area (Å²) in [5, 5.41) is 24.1. The number of rotatable bonds is 6. The summed E-state index contributed by atoms with van der Waals surface area (Å²) >= 11 is 1.26. The molecule has 2 atom stereocenters. The van der Waals surface area contributed by atoms with E-state index in [0.29, 0.717) is 5.16 Å². The van der Waals surface area contributed by atoms with Crippen LogP contribution < -0.4 is 5.32 Å². The average molecular weight is 372 g/mol. The van der Waals surface area contributed by atoms with Gasteiger partial charge in [-0.1, -0.05) is 31.7 Å². The lowest BCUT2D eigenvalue weighted by atomic mass is 9.90. The van der Waals surface area contributed by atoms with E-state index in [0.717, 1.165) is 11.3 Å². The first-order valence-electron chi connectivity index (χ1n) is 8.44. The Balaban J connectivity index is 2.17. The Hall–Kier alpha value is -2.40. The molecule has 26 heavy (non-hydrogen) atoms. The fourth-order valence-electron chi connectivity index (χ4n) is 2.14. The second kappa shape index (κ2) is 7.87. The molecular weight excluding hydrogens is 348 g/mol. The quantitative estimate of drug-likeness (QED) is 0.783. The molecule has 8 heteroatoms. The fourth-order valence-corrected chi connectivity index (χ4v) is 2.95. The Morgan fingerprint density at radius 1 is 1.31 bits per heavy atom. The minimum atomic E-state index is -0.911. The number of carbonyl (C=O) groups is 1. The van der Waals surface area contributed by atoms with E-state index in [4.69, 9.17) is 0 Å². The van der Waals surface area contributed by atoms with Crippen molar-refractivity contribution in [3.63, 3.8) is 0 Å². The van der Waals surface area contributed by atoms with Crippen LogP contribution in [0.3, 0.4) is 0 Å². The van der Waals surface area contributed by atoms with Crippen molar-refractivity contribution in [1.82, 2.24) is 25.5 Å².